The van der Waals surface area contributed by atoms with Gasteiger partial charge in [0.15, 0.2) is 0 Å². The average Bonchev–Trinajstić information content (AvgIpc) is 2.37. The van der Waals surface area contributed by atoms with Crippen molar-refractivity contribution in [1.29, 1.82) is 0 Å². The Morgan fingerprint density at radius 2 is 2.11 bits per heavy atom. The summed E-state index contributed by atoms with van der Waals surface area (Å²) in [5, 5.41) is 0. The molecule has 0 aliphatic carbocycles. The number of anilines is 1. The zero-order chi connectivity index (χ0) is 14.6. The fraction of sp³-hybridized carbons (Fsp3) is 0.500. The van der Waals surface area contributed by atoms with Gasteiger partial charge in [0.1, 0.15) is 10.6 Å². The van der Waals surface area contributed by atoms with Gasteiger partial charge in [0, 0.05) is 24.9 Å². The van der Waals surface area contributed by atoms with Crippen LogP contribution in [-0.2, 0) is 10.0 Å². The first-order chi connectivity index (χ1) is 8.84. The third kappa shape index (κ3) is 3.55. The molecule has 19 heavy (non-hydrogen) atoms. The molecule has 1 unspecified atom stereocenters. The van der Waals surface area contributed by atoms with Gasteiger partial charge in [0.05, 0.1) is 12.8 Å². The van der Waals surface area contributed by atoms with Crippen molar-refractivity contribution >= 4 is 27.5 Å². The van der Waals surface area contributed by atoms with Crippen molar-refractivity contribution in [3.05, 3.63) is 18.2 Å². The molecule has 7 heteroatoms. The quantitative estimate of drug-likeness (QED) is 0.809. The van der Waals surface area contributed by atoms with Gasteiger partial charge in [0.25, 0.3) is 0 Å². The highest BCUT2D eigenvalue weighted by Gasteiger charge is 2.27. The zero-order valence-corrected chi connectivity index (χ0v) is 13.2. The number of methoxy groups -OCH3 is 1. The van der Waals surface area contributed by atoms with Crippen LogP contribution in [0.25, 0.3) is 0 Å². The lowest BCUT2D eigenvalue weighted by Gasteiger charge is -2.24. The summed E-state index contributed by atoms with van der Waals surface area (Å²) in [6, 6.07) is 4.49. The molecule has 1 aromatic carbocycles. The van der Waals surface area contributed by atoms with Gasteiger partial charge in [-0.2, -0.15) is 16.1 Å². The summed E-state index contributed by atoms with van der Waals surface area (Å²) in [6.45, 7) is 1.87. The van der Waals surface area contributed by atoms with Crippen LogP contribution in [0.15, 0.2) is 23.1 Å². The molecule has 0 radical (unpaired) electrons. The van der Waals surface area contributed by atoms with E-state index >= 15 is 0 Å². The summed E-state index contributed by atoms with van der Waals surface area (Å²) >= 11 is 1.60. The molecule has 1 atom stereocenters. The number of rotatable bonds is 6. The molecule has 108 valence electrons. The topological polar surface area (TPSA) is 72.6 Å². The van der Waals surface area contributed by atoms with Crippen molar-refractivity contribution in [2.45, 2.75) is 17.9 Å². The minimum absolute atomic E-state index is 0.0958. The Morgan fingerprint density at radius 1 is 1.47 bits per heavy atom. The van der Waals surface area contributed by atoms with E-state index in [0.717, 1.165) is 5.75 Å². The smallest absolute Gasteiger partial charge is 0.245 e. The second kappa shape index (κ2) is 6.49. The fourth-order valence-corrected chi connectivity index (χ4v) is 3.88. The lowest BCUT2D eigenvalue weighted by Crippen LogP contribution is -2.36. The lowest BCUT2D eigenvalue weighted by molar-refractivity contribution is 0.412. The molecule has 0 bridgehead atoms. The second-order valence-corrected chi connectivity index (χ2v) is 7.11. The number of ether oxygens (including phenoxy) is 1. The van der Waals surface area contributed by atoms with Crippen LogP contribution in [-0.4, -0.2) is 44.9 Å². The summed E-state index contributed by atoms with van der Waals surface area (Å²) in [5.41, 5.74) is 6.00. The van der Waals surface area contributed by atoms with Gasteiger partial charge in [-0.15, -0.1) is 0 Å². The largest absolute Gasteiger partial charge is 0.497 e. The molecular weight excluding hydrogens is 284 g/mol. The molecule has 0 saturated carbocycles. The van der Waals surface area contributed by atoms with Crippen LogP contribution in [0.4, 0.5) is 5.69 Å². The van der Waals surface area contributed by atoms with Crippen LogP contribution in [0.1, 0.15) is 6.92 Å². The van der Waals surface area contributed by atoms with Crippen LogP contribution in [0.3, 0.4) is 0 Å². The van der Waals surface area contributed by atoms with E-state index in [9.17, 15) is 8.42 Å². The monoisotopic (exact) mass is 304 g/mol. The molecule has 0 spiro atoms. The van der Waals surface area contributed by atoms with Gasteiger partial charge in [0.2, 0.25) is 10.0 Å². The Hall–Kier alpha value is -0.920. The van der Waals surface area contributed by atoms with E-state index in [1.807, 2.05) is 13.2 Å². The SMILES string of the molecule is COc1ccc(S(=O)(=O)N(C)C(C)CSC)c(N)c1. The van der Waals surface area contributed by atoms with Crippen LogP contribution < -0.4 is 10.5 Å². The van der Waals surface area contributed by atoms with Crippen molar-refractivity contribution in [3.63, 3.8) is 0 Å². The predicted octanol–water partition coefficient (Wildman–Crippen LogP) is 1.65. The van der Waals surface area contributed by atoms with Crippen molar-refractivity contribution in [3.8, 4) is 5.75 Å². The average molecular weight is 304 g/mol. The molecule has 0 aliphatic heterocycles. The maximum atomic E-state index is 12.5. The maximum absolute atomic E-state index is 12.5. The van der Waals surface area contributed by atoms with E-state index in [0.29, 0.717) is 5.75 Å². The second-order valence-electron chi connectivity index (χ2n) is 4.23. The molecule has 1 rings (SSSR count). The zero-order valence-electron chi connectivity index (χ0n) is 11.6. The summed E-state index contributed by atoms with van der Waals surface area (Å²) in [4.78, 5) is 0.115. The third-order valence-electron chi connectivity index (χ3n) is 2.90. The minimum atomic E-state index is -3.58. The number of nitrogens with two attached hydrogens (primary N) is 1. The van der Waals surface area contributed by atoms with Gasteiger partial charge in [-0.05, 0) is 25.3 Å². The first kappa shape index (κ1) is 16.1. The molecule has 0 aromatic heterocycles. The number of hydrogen-bond donors (Lipinski definition) is 1. The van der Waals surface area contributed by atoms with Crippen LogP contribution in [0.2, 0.25) is 0 Å². The highest BCUT2D eigenvalue weighted by Crippen LogP contribution is 2.27. The van der Waals surface area contributed by atoms with E-state index in [4.69, 9.17) is 10.5 Å². The van der Waals surface area contributed by atoms with E-state index in [1.165, 1.54) is 23.5 Å². The maximum Gasteiger partial charge on any atom is 0.245 e. The van der Waals surface area contributed by atoms with E-state index < -0.39 is 10.0 Å². The first-order valence-corrected chi connectivity index (χ1v) is 8.58. The molecule has 0 amide bonds. The number of nitrogens with zero attached hydrogens (tertiary/aromatic N) is 1. The summed E-state index contributed by atoms with van der Waals surface area (Å²) in [5.74, 6) is 1.27. The lowest BCUT2D eigenvalue weighted by atomic mass is 10.3. The molecule has 0 fully saturated rings. The Kier molecular flexibility index (Phi) is 5.51. The van der Waals surface area contributed by atoms with Crippen molar-refractivity contribution in [2.24, 2.45) is 0 Å². The molecule has 0 saturated heterocycles. The minimum Gasteiger partial charge on any atom is -0.497 e. The van der Waals surface area contributed by atoms with Gasteiger partial charge in [-0.3, -0.25) is 0 Å². The highest BCUT2D eigenvalue weighted by molar-refractivity contribution is 7.98. The Labute approximate surface area is 119 Å². The summed E-state index contributed by atoms with van der Waals surface area (Å²) in [6.07, 6.45) is 1.94. The molecule has 0 heterocycles. The van der Waals surface area contributed by atoms with Crippen molar-refractivity contribution in [2.75, 3.05) is 31.9 Å². The number of hydrogen-bond acceptors (Lipinski definition) is 5. The molecule has 5 nitrogen and oxygen atoms in total. The van der Waals surface area contributed by atoms with Gasteiger partial charge in [-0.1, -0.05) is 0 Å². The van der Waals surface area contributed by atoms with E-state index in [1.54, 1.807) is 24.9 Å². The number of sulfonamides is 1. The molecule has 2 N–H and O–H groups in total. The Morgan fingerprint density at radius 3 is 2.58 bits per heavy atom. The highest BCUT2D eigenvalue weighted by atomic mass is 32.2. The Balaban J connectivity index is 3.13. The van der Waals surface area contributed by atoms with Gasteiger partial charge in [-0.25, -0.2) is 8.42 Å². The van der Waals surface area contributed by atoms with Crippen molar-refractivity contribution < 1.29 is 13.2 Å². The van der Waals surface area contributed by atoms with Crippen LogP contribution in [0.5, 0.6) is 5.75 Å². The van der Waals surface area contributed by atoms with E-state index in [2.05, 4.69) is 0 Å². The predicted molar refractivity (Wildman–Crippen MR) is 80.2 cm³/mol. The van der Waals surface area contributed by atoms with Gasteiger partial charge < -0.3 is 10.5 Å². The summed E-state index contributed by atoms with van der Waals surface area (Å²) in [7, 11) is -0.498. The van der Waals surface area contributed by atoms with Crippen molar-refractivity contribution in [1.82, 2.24) is 4.31 Å². The molecule has 1 aromatic rings. The first-order valence-electron chi connectivity index (χ1n) is 5.75. The number of benzene rings is 1. The Bertz CT molecular complexity index is 532. The number of thioether (sulfide) groups is 1. The standard InChI is InChI=1S/C12H20N2O3S2/c1-9(8-18-4)14(2)19(15,16)12-6-5-10(17-3)7-11(12)13/h5-7,9H,8,13H2,1-4H3. The van der Waals surface area contributed by atoms with Crippen LogP contribution in [0, 0.1) is 0 Å². The van der Waals surface area contributed by atoms with Gasteiger partial charge >= 0.3 is 0 Å². The van der Waals surface area contributed by atoms with E-state index in [-0.39, 0.29) is 16.6 Å². The normalized spacial score (nSPS) is 13.5. The summed E-state index contributed by atoms with van der Waals surface area (Å²) < 4.78 is 31.3. The molecular formula is C12H20N2O3S2. The fourth-order valence-electron chi connectivity index (χ4n) is 1.63. The van der Waals surface area contributed by atoms with Crippen LogP contribution >= 0.6 is 11.8 Å². The number of nitrogen functional groups attached to an aromatic ring is 1. The third-order valence-corrected chi connectivity index (χ3v) is 5.76. The molecule has 0 aliphatic rings.